The summed E-state index contributed by atoms with van der Waals surface area (Å²) in [5.74, 6) is 0. The number of carbonyl (C=O) groups excluding carboxylic acids is 1. The maximum atomic E-state index is 11.0. The number of rotatable bonds is 4. The van der Waals surface area contributed by atoms with E-state index in [0.717, 1.165) is 0 Å². The lowest BCUT2D eigenvalue weighted by Crippen LogP contribution is -2.36. The fourth-order valence-corrected chi connectivity index (χ4v) is 0.894. The first kappa shape index (κ1) is 13.3. The van der Waals surface area contributed by atoms with E-state index in [0.29, 0.717) is 0 Å². The van der Waals surface area contributed by atoms with Crippen molar-refractivity contribution < 1.29 is 18.3 Å². The van der Waals surface area contributed by atoms with Crippen molar-refractivity contribution in [2.24, 2.45) is 0 Å². The Hall–Kier alpha value is -0.660. The lowest BCUT2D eigenvalue weighted by atomic mass is 10.2. The molecule has 14 heavy (non-hydrogen) atoms. The van der Waals surface area contributed by atoms with Gasteiger partial charge in [-0.15, -0.1) is 0 Å². The van der Waals surface area contributed by atoms with E-state index < -0.39 is 23.0 Å². The summed E-state index contributed by atoms with van der Waals surface area (Å²) in [5, 5.41) is 2.43. The Labute approximate surface area is 85.8 Å². The van der Waals surface area contributed by atoms with Crippen LogP contribution >= 0.6 is 0 Å². The number of hydrogen-bond acceptors (Lipinski definition) is 3. The second-order valence-corrected chi connectivity index (χ2v) is 4.36. The van der Waals surface area contributed by atoms with Crippen molar-refractivity contribution >= 4 is 17.4 Å². The van der Waals surface area contributed by atoms with Crippen LogP contribution in [0.1, 0.15) is 20.8 Å². The standard InChI is InChI=1S/C7H16N2O4S/c1-7(2,3)13-6(10)8-4-5-9-14(11)12/h9H,4-5H2,1-3H3,(H,8,10)(H,11,12). The monoisotopic (exact) mass is 224 g/mol. The molecule has 0 saturated heterocycles. The van der Waals surface area contributed by atoms with Crippen LogP contribution in [0.2, 0.25) is 0 Å². The molecule has 84 valence electrons. The molecule has 7 heteroatoms. The van der Waals surface area contributed by atoms with Crippen LogP contribution in [-0.4, -0.2) is 33.5 Å². The van der Waals surface area contributed by atoms with E-state index in [4.69, 9.17) is 9.29 Å². The molecule has 1 atom stereocenters. The van der Waals surface area contributed by atoms with Gasteiger partial charge < -0.3 is 10.1 Å². The highest BCUT2D eigenvalue weighted by Gasteiger charge is 2.15. The largest absolute Gasteiger partial charge is 0.444 e. The third kappa shape index (κ3) is 9.43. The molecule has 1 unspecified atom stereocenters. The van der Waals surface area contributed by atoms with Crippen molar-refractivity contribution in [1.82, 2.24) is 10.0 Å². The van der Waals surface area contributed by atoms with E-state index in [1.54, 1.807) is 20.8 Å². The van der Waals surface area contributed by atoms with Crippen molar-refractivity contribution in [3.05, 3.63) is 0 Å². The molecule has 6 nitrogen and oxygen atoms in total. The molecule has 0 bridgehead atoms. The molecule has 0 radical (unpaired) electrons. The van der Waals surface area contributed by atoms with Gasteiger partial charge in [-0.2, -0.15) is 0 Å². The van der Waals surface area contributed by atoms with E-state index in [1.807, 2.05) is 0 Å². The van der Waals surface area contributed by atoms with E-state index in [9.17, 15) is 9.00 Å². The molecular formula is C7H16N2O4S. The molecule has 0 spiro atoms. The fourth-order valence-electron chi connectivity index (χ4n) is 0.617. The van der Waals surface area contributed by atoms with Gasteiger partial charge >= 0.3 is 6.09 Å². The predicted octanol–water partition coefficient (Wildman–Crippen LogP) is 0.237. The molecule has 0 heterocycles. The van der Waals surface area contributed by atoms with Crippen LogP contribution in [0, 0.1) is 0 Å². The predicted molar refractivity (Wildman–Crippen MR) is 53.0 cm³/mol. The Bertz CT molecular complexity index is 214. The lowest BCUT2D eigenvalue weighted by Gasteiger charge is -2.19. The van der Waals surface area contributed by atoms with E-state index in [2.05, 4.69) is 10.0 Å². The SMILES string of the molecule is CC(C)(C)OC(=O)NCCNS(=O)O. The molecule has 0 saturated carbocycles. The quantitative estimate of drug-likeness (QED) is 0.471. The van der Waals surface area contributed by atoms with Gasteiger partial charge in [0.15, 0.2) is 0 Å². The number of alkyl carbamates (subject to hydrolysis) is 1. The zero-order valence-corrected chi connectivity index (χ0v) is 9.31. The first-order valence-electron chi connectivity index (χ1n) is 4.12. The van der Waals surface area contributed by atoms with Crippen molar-refractivity contribution in [3.63, 3.8) is 0 Å². The molecule has 3 N–H and O–H groups in total. The molecule has 0 aromatic rings. The number of nitrogens with one attached hydrogen (secondary N) is 2. The lowest BCUT2D eigenvalue weighted by molar-refractivity contribution is 0.0529. The van der Waals surface area contributed by atoms with E-state index in [-0.39, 0.29) is 13.1 Å². The van der Waals surface area contributed by atoms with Gasteiger partial charge in [-0.3, -0.25) is 4.55 Å². The molecule has 0 aromatic heterocycles. The topological polar surface area (TPSA) is 87.7 Å². The molecule has 0 aliphatic carbocycles. The third-order valence-corrected chi connectivity index (χ3v) is 1.47. The minimum atomic E-state index is -2.04. The summed E-state index contributed by atoms with van der Waals surface area (Å²) in [4.78, 5) is 11.0. The average Bonchev–Trinajstić information content (AvgIpc) is 1.94. The van der Waals surface area contributed by atoms with Crippen LogP contribution in [0.4, 0.5) is 4.79 Å². The van der Waals surface area contributed by atoms with Crippen LogP contribution in [0.5, 0.6) is 0 Å². The zero-order valence-electron chi connectivity index (χ0n) is 8.49. The molecular weight excluding hydrogens is 208 g/mol. The highest BCUT2D eigenvalue weighted by Crippen LogP contribution is 2.05. The van der Waals surface area contributed by atoms with Crippen molar-refractivity contribution in [3.8, 4) is 0 Å². The Morgan fingerprint density at radius 2 is 2.00 bits per heavy atom. The van der Waals surface area contributed by atoms with Gasteiger partial charge in [0.25, 0.3) is 0 Å². The maximum absolute atomic E-state index is 11.0. The second kappa shape index (κ2) is 5.94. The smallest absolute Gasteiger partial charge is 0.407 e. The van der Waals surface area contributed by atoms with Crippen molar-refractivity contribution in [2.75, 3.05) is 13.1 Å². The maximum Gasteiger partial charge on any atom is 0.407 e. The van der Waals surface area contributed by atoms with Gasteiger partial charge in [0.1, 0.15) is 5.60 Å². The van der Waals surface area contributed by atoms with Crippen molar-refractivity contribution in [1.29, 1.82) is 0 Å². The number of hydrogen-bond donors (Lipinski definition) is 3. The Morgan fingerprint density at radius 3 is 2.43 bits per heavy atom. The molecule has 0 fully saturated rings. The van der Waals surface area contributed by atoms with Gasteiger partial charge in [-0.05, 0) is 20.8 Å². The van der Waals surface area contributed by atoms with Crippen LogP contribution in [0.3, 0.4) is 0 Å². The van der Waals surface area contributed by atoms with E-state index in [1.165, 1.54) is 0 Å². The first-order chi connectivity index (χ1) is 6.31. The second-order valence-electron chi connectivity index (χ2n) is 3.57. The summed E-state index contributed by atoms with van der Waals surface area (Å²) in [6.45, 7) is 5.72. The van der Waals surface area contributed by atoms with Gasteiger partial charge in [0.2, 0.25) is 11.3 Å². The van der Waals surface area contributed by atoms with Gasteiger partial charge in [0, 0.05) is 13.1 Å². The fraction of sp³-hybridized carbons (Fsp3) is 0.857. The van der Waals surface area contributed by atoms with E-state index >= 15 is 0 Å². The summed E-state index contributed by atoms with van der Waals surface area (Å²) in [7, 11) is 0. The Kier molecular flexibility index (Phi) is 5.66. The van der Waals surface area contributed by atoms with Crippen LogP contribution in [-0.2, 0) is 16.0 Å². The van der Waals surface area contributed by atoms with Crippen molar-refractivity contribution in [2.45, 2.75) is 26.4 Å². The highest BCUT2D eigenvalue weighted by molar-refractivity contribution is 7.77. The summed E-state index contributed by atoms with van der Waals surface area (Å²) in [5.41, 5.74) is -0.530. The molecule has 1 amide bonds. The normalized spacial score (nSPS) is 13.4. The highest BCUT2D eigenvalue weighted by atomic mass is 32.2. The minimum Gasteiger partial charge on any atom is -0.444 e. The van der Waals surface area contributed by atoms with Crippen LogP contribution in [0.15, 0.2) is 0 Å². The summed E-state index contributed by atoms with van der Waals surface area (Å²) in [6, 6.07) is 0. The van der Waals surface area contributed by atoms with Crippen LogP contribution < -0.4 is 10.0 Å². The molecule has 0 aromatic carbocycles. The molecule has 0 aliphatic heterocycles. The summed E-state index contributed by atoms with van der Waals surface area (Å²) >= 11 is -2.04. The first-order valence-corrected chi connectivity index (χ1v) is 5.23. The summed E-state index contributed by atoms with van der Waals surface area (Å²) in [6.07, 6.45) is -0.539. The Morgan fingerprint density at radius 1 is 1.43 bits per heavy atom. The minimum absolute atomic E-state index is 0.211. The molecule has 0 rings (SSSR count). The zero-order chi connectivity index (χ0) is 11.2. The molecule has 0 aliphatic rings. The summed E-state index contributed by atoms with van der Waals surface area (Å²) < 4.78 is 25.6. The number of amides is 1. The van der Waals surface area contributed by atoms with Gasteiger partial charge in [0.05, 0.1) is 0 Å². The Balaban J connectivity index is 3.50. The van der Waals surface area contributed by atoms with Gasteiger partial charge in [-0.25, -0.2) is 13.7 Å². The third-order valence-electron chi connectivity index (χ3n) is 1.02. The van der Waals surface area contributed by atoms with Crippen LogP contribution in [0.25, 0.3) is 0 Å². The van der Waals surface area contributed by atoms with Gasteiger partial charge in [-0.1, -0.05) is 0 Å². The average molecular weight is 224 g/mol. The number of carbonyl (C=O) groups is 1. The number of ether oxygens (including phenoxy) is 1.